The summed E-state index contributed by atoms with van der Waals surface area (Å²) in [7, 11) is 0. The molecule has 1 aliphatic rings. The summed E-state index contributed by atoms with van der Waals surface area (Å²) in [4.78, 5) is 26.5. The van der Waals surface area contributed by atoms with Crippen molar-refractivity contribution >= 4 is 35.2 Å². The summed E-state index contributed by atoms with van der Waals surface area (Å²) < 4.78 is 39.1. The monoisotopic (exact) mass is 422 g/mol. The standard InChI is InChI=1S/C18H22ClF3N2O2S/c1-27-10-8-15(23-16(25)13-6-2-3-7-14(13)19)17(26)24-9-4-5-12(11-24)18(20,21)22/h2-3,6-7,12,15H,4-5,8-11H2,1H3,(H,23,25). The van der Waals surface area contributed by atoms with E-state index in [1.807, 2.05) is 6.26 Å². The van der Waals surface area contributed by atoms with E-state index in [1.165, 1.54) is 22.7 Å². The van der Waals surface area contributed by atoms with Crippen molar-refractivity contribution in [1.29, 1.82) is 0 Å². The molecular formula is C18H22ClF3N2O2S. The minimum atomic E-state index is -4.32. The number of carbonyl (C=O) groups is 2. The molecule has 27 heavy (non-hydrogen) atoms. The van der Waals surface area contributed by atoms with Gasteiger partial charge in [0.1, 0.15) is 6.04 Å². The molecule has 2 unspecified atom stereocenters. The molecule has 1 aliphatic heterocycles. The van der Waals surface area contributed by atoms with Gasteiger partial charge in [-0.2, -0.15) is 24.9 Å². The van der Waals surface area contributed by atoms with Gasteiger partial charge in [0.15, 0.2) is 0 Å². The van der Waals surface area contributed by atoms with Crippen molar-refractivity contribution in [2.24, 2.45) is 5.92 Å². The van der Waals surface area contributed by atoms with E-state index in [4.69, 9.17) is 11.6 Å². The predicted octanol–water partition coefficient (Wildman–Crippen LogP) is 3.99. The third-order valence-corrected chi connectivity index (χ3v) is 5.50. The van der Waals surface area contributed by atoms with Gasteiger partial charge in [-0.05, 0) is 43.4 Å². The smallest absolute Gasteiger partial charge is 0.340 e. The molecule has 1 fully saturated rings. The molecule has 2 amide bonds. The molecule has 1 saturated heterocycles. The third-order valence-electron chi connectivity index (χ3n) is 4.53. The summed E-state index contributed by atoms with van der Waals surface area (Å²) in [5.74, 6) is -1.91. The fourth-order valence-corrected chi connectivity index (χ4v) is 3.73. The Morgan fingerprint density at radius 2 is 2.07 bits per heavy atom. The van der Waals surface area contributed by atoms with Gasteiger partial charge in [-0.1, -0.05) is 23.7 Å². The number of nitrogens with zero attached hydrogens (tertiary/aromatic N) is 1. The van der Waals surface area contributed by atoms with Crippen LogP contribution in [0.2, 0.25) is 5.02 Å². The Kier molecular flexibility index (Phi) is 7.85. The molecule has 1 aromatic rings. The predicted molar refractivity (Wildman–Crippen MR) is 101 cm³/mol. The molecule has 9 heteroatoms. The number of nitrogens with one attached hydrogen (secondary N) is 1. The summed E-state index contributed by atoms with van der Waals surface area (Å²) >= 11 is 7.52. The van der Waals surface area contributed by atoms with Crippen LogP contribution in [-0.2, 0) is 4.79 Å². The molecule has 4 nitrogen and oxygen atoms in total. The molecule has 2 rings (SSSR count). The van der Waals surface area contributed by atoms with Crippen LogP contribution in [0.1, 0.15) is 29.6 Å². The van der Waals surface area contributed by atoms with Crippen molar-refractivity contribution in [3.63, 3.8) is 0 Å². The number of amides is 2. The quantitative estimate of drug-likeness (QED) is 0.754. The summed E-state index contributed by atoms with van der Waals surface area (Å²) in [5.41, 5.74) is 0.230. The van der Waals surface area contributed by atoms with Crippen LogP contribution in [0.15, 0.2) is 24.3 Å². The average molecular weight is 423 g/mol. The Labute approximate surface area is 165 Å². The van der Waals surface area contributed by atoms with Gasteiger partial charge in [0, 0.05) is 13.1 Å². The molecule has 0 spiro atoms. The zero-order valence-electron chi connectivity index (χ0n) is 14.9. The van der Waals surface area contributed by atoms with Crippen LogP contribution in [0.25, 0.3) is 0 Å². The van der Waals surface area contributed by atoms with Crippen molar-refractivity contribution in [2.45, 2.75) is 31.5 Å². The first kappa shape index (κ1) is 21.9. The second-order valence-corrected chi connectivity index (χ2v) is 7.85. The number of thioether (sulfide) groups is 1. The average Bonchev–Trinajstić information content (AvgIpc) is 2.64. The van der Waals surface area contributed by atoms with E-state index in [-0.39, 0.29) is 30.1 Å². The number of benzene rings is 1. The number of halogens is 4. The third kappa shape index (κ3) is 6.04. The summed E-state index contributed by atoms with van der Waals surface area (Å²) in [6.45, 7) is -0.0940. The number of carbonyl (C=O) groups excluding carboxylic acids is 2. The molecule has 0 saturated carbocycles. The minimum absolute atomic E-state index is 0.0226. The van der Waals surface area contributed by atoms with E-state index in [2.05, 4.69) is 5.32 Å². The van der Waals surface area contributed by atoms with Gasteiger partial charge >= 0.3 is 6.18 Å². The van der Waals surface area contributed by atoms with Gasteiger partial charge in [0.05, 0.1) is 16.5 Å². The van der Waals surface area contributed by atoms with Crippen molar-refractivity contribution in [1.82, 2.24) is 10.2 Å². The van der Waals surface area contributed by atoms with Crippen molar-refractivity contribution in [3.8, 4) is 0 Å². The lowest BCUT2D eigenvalue weighted by atomic mass is 9.96. The van der Waals surface area contributed by atoms with Gasteiger partial charge in [-0.3, -0.25) is 9.59 Å². The highest BCUT2D eigenvalue weighted by Crippen LogP contribution is 2.33. The van der Waals surface area contributed by atoms with Crippen LogP contribution in [0.3, 0.4) is 0 Å². The summed E-state index contributed by atoms with van der Waals surface area (Å²) in [6.07, 6.45) is -1.81. The van der Waals surface area contributed by atoms with E-state index in [0.29, 0.717) is 18.6 Å². The van der Waals surface area contributed by atoms with Crippen LogP contribution >= 0.6 is 23.4 Å². The lowest BCUT2D eigenvalue weighted by Gasteiger charge is -2.35. The Bertz CT molecular complexity index is 672. The lowest BCUT2D eigenvalue weighted by Crippen LogP contribution is -2.53. The maximum atomic E-state index is 13.0. The van der Waals surface area contributed by atoms with Gasteiger partial charge in [-0.25, -0.2) is 0 Å². The Balaban J connectivity index is 2.11. The van der Waals surface area contributed by atoms with E-state index in [1.54, 1.807) is 18.2 Å². The first-order valence-electron chi connectivity index (χ1n) is 8.64. The zero-order valence-corrected chi connectivity index (χ0v) is 16.5. The number of hydrogen-bond acceptors (Lipinski definition) is 3. The van der Waals surface area contributed by atoms with Crippen LogP contribution in [0.4, 0.5) is 13.2 Å². The lowest BCUT2D eigenvalue weighted by molar-refractivity contribution is -0.188. The molecule has 1 heterocycles. The number of alkyl halides is 3. The van der Waals surface area contributed by atoms with Crippen molar-refractivity contribution < 1.29 is 22.8 Å². The van der Waals surface area contributed by atoms with Gasteiger partial charge < -0.3 is 10.2 Å². The Morgan fingerprint density at radius 1 is 1.37 bits per heavy atom. The molecule has 1 N–H and O–H groups in total. The number of rotatable bonds is 6. The molecule has 0 bridgehead atoms. The largest absolute Gasteiger partial charge is 0.393 e. The fourth-order valence-electron chi connectivity index (χ4n) is 3.04. The summed E-state index contributed by atoms with van der Waals surface area (Å²) in [6, 6.07) is 5.55. The van der Waals surface area contributed by atoms with E-state index >= 15 is 0 Å². The summed E-state index contributed by atoms with van der Waals surface area (Å²) in [5, 5.41) is 2.90. The highest BCUT2D eigenvalue weighted by atomic mass is 35.5. The topological polar surface area (TPSA) is 49.4 Å². The molecule has 0 aromatic heterocycles. The molecular weight excluding hydrogens is 401 g/mol. The molecule has 150 valence electrons. The van der Waals surface area contributed by atoms with Crippen LogP contribution in [0, 0.1) is 5.92 Å². The maximum absolute atomic E-state index is 13.0. The normalized spacial score (nSPS) is 18.9. The highest BCUT2D eigenvalue weighted by Gasteiger charge is 2.43. The first-order valence-corrected chi connectivity index (χ1v) is 10.4. The minimum Gasteiger partial charge on any atom is -0.340 e. The fraction of sp³-hybridized carbons (Fsp3) is 0.556. The Hall–Kier alpha value is -1.41. The number of likely N-dealkylation sites (tertiary alicyclic amines) is 1. The SMILES string of the molecule is CSCCC(NC(=O)c1ccccc1Cl)C(=O)N1CCCC(C(F)(F)F)C1. The van der Waals surface area contributed by atoms with Crippen LogP contribution in [0.5, 0.6) is 0 Å². The van der Waals surface area contributed by atoms with Gasteiger partial charge in [-0.15, -0.1) is 0 Å². The molecule has 0 radical (unpaired) electrons. The zero-order chi connectivity index (χ0) is 20.0. The van der Waals surface area contributed by atoms with E-state index < -0.39 is 30.0 Å². The number of hydrogen-bond donors (Lipinski definition) is 1. The van der Waals surface area contributed by atoms with Crippen LogP contribution < -0.4 is 5.32 Å². The molecule has 0 aliphatic carbocycles. The van der Waals surface area contributed by atoms with Crippen molar-refractivity contribution in [2.75, 3.05) is 25.1 Å². The highest BCUT2D eigenvalue weighted by molar-refractivity contribution is 7.98. The Morgan fingerprint density at radius 3 is 2.70 bits per heavy atom. The van der Waals surface area contributed by atoms with Gasteiger partial charge in [0.25, 0.3) is 5.91 Å². The maximum Gasteiger partial charge on any atom is 0.393 e. The number of piperidine rings is 1. The van der Waals surface area contributed by atoms with E-state index in [0.717, 1.165) is 0 Å². The van der Waals surface area contributed by atoms with Crippen LogP contribution in [-0.4, -0.2) is 54.0 Å². The molecule has 1 aromatic carbocycles. The molecule has 2 atom stereocenters. The van der Waals surface area contributed by atoms with Crippen molar-refractivity contribution in [3.05, 3.63) is 34.9 Å². The second-order valence-electron chi connectivity index (χ2n) is 6.45. The first-order chi connectivity index (χ1) is 12.7. The van der Waals surface area contributed by atoms with E-state index in [9.17, 15) is 22.8 Å². The van der Waals surface area contributed by atoms with Gasteiger partial charge in [0.2, 0.25) is 5.91 Å². The second kappa shape index (κ2) is 9.68.